The number of thioether (sulfide) groups is 1. The molecule has 0 heterocycles. The minimum absolute atomic E-state index is 0.296. The van der Waals surface area contributed by atoms with Gasteiger partial charge in [-0.15, -0.1) is 0 Å². The van der Waals surface area contributed by atoms with E-state index in [-0.39, 0.29) is 0 Å². The van der Waals surface area contributed by atoms with Crippen molar-refractivity contribution < 1.29 is 0 Å². The normalized spacial score (nSPS) is 18.2. The Kier molecular flexibility index (Phi) is 7.69. The van der Waals surface area contributed by atoms with Crippen LogP contribution in [0.1, 0.15) is 27.2 Å². The molecule has 0 fully saturated rings. The lowest BCUT2D eigenvalue weighted by atomic mass is 10.0. The molecule has 0 rings (SSSR count). The summed E-state index contributed by atoms with van der Waals surface area (Å²) in [5.74, 6) is 1.83. The van der Waals surface area contributed by atoms with E-state index in [0.717, 1.165) is 6.54 Å². The first kappa shape index (κ1) is 14.3. The molecule has 0 aliphatic rings. The number of rotatable bonds is 7. The predicted molar refractivity (Wildman–Crippen MR) is 67.9 cm³/mol. The van der Waals surface area contributed by atoms with Gasteiger partial charge in [0, 0.05) is 18.6 Å². The summed E-state index contributed by atoms with van der Waals surface area (Å²) in [6.07, 6.45) is 3.43. The van der Waals surface area contributed by atoms with E-state index in [2.05, 4.69) is 39.0 Å². The maximum Gasteiger partial charge on any atom is 0.00718 e. The largest absolute Gasteiger partial charge is 0.328 e. The minimum Gasteiger partial charge on any atom is -0.328 e. The molecule has 0 saturated carbocycles. The van der Waals surface area contributed by atoms with Gasteiger partial charge in [-0.1, -0.05) is 6.92 Å². The third-order valence-electron chi connectivity index (χ3n) is 2.97. The fraction of sp³-hybridized carbons (Fsp3) is 1.00. The molecule has 14 heavy (non-hydrogen) atoms. The topological polar surface area (TPSA) is 29.3 Å². The molecular formula is C11H26N2S. The Morgan fingerprint density at radius 2 is 1.86 bits per heavy atom. The summed E-state index contributed by atoms with van der Waals surface area (Å²) in [7, 11) is 2.20. The number of hydrogen-bond donors (Lipinski definition) is 1. The van der Waals surface area contributed by atoms with Crippen LogP contribution in [0.3, 0.4) is 0 Å². The monoisotopic (exact) mass is 218 g/mol. The van der Waals surface area contributed by atoms with E-state index < -0.39 is 0 Å². The standard InChI is InChI=1S/C11H26N2S/c1-9(11(3)12)8-13(4)10(2)6-7-14-5/h9-11H,6-8,12H2,1-5H3. The Labute approximate surface area is 93.6 Å². The highest BCUT2D eigenvalue weighted by Crippen LogP contribution is 2.09. The van der Waals surface area contributed by atoms with Crippen molar-refractivity contribution in [2.24, 2.45) is 11.7 Å². The van der Waals surface area contributed by atoms with E-state index in [1.54, 1.807) is 0 Å². The van der Waals surface area contributed by atoms with Gasteiger partial charge in [0.2, 0.25) is 0 Å². The maximum atomic E-state index is 5.85. The van der Waals surface area contributed by atoms with E-state index in [0.29, 0.717) is 18.0 Å². The average molecular weight is 218 g/mol. The van der Waals surface area contributed by atoms with E-state index >= 15 is 0 Å². The van der Waals surface area contributed by atoms with Crippen LogP contribution in [0.25, 0.3) is 0 Å². The summed E-state index contributed by atoms with van der Waals surface area (Å²) in [6, 6.07) is 0.967. The van der Waals surface area contributed by atoms with Crippen molar-refractivity contribution in [3.8, 4) is 0 Å². The fourth-order valence-electron chi connectivity index (χ4n) is 1.31. The number of nitrogens with two attached hydrogens (primary N) is 1. The quantitative estimate of drug-likeness (QED) is 0.709. The number of hydrogen-bond acceptors (Lipinski definition) is 3. The first-order valence-corrected chi connectivity index (χ1v) is 6.83. The second-order valence-corrected chi connectivity index (χ2v) is 5.39. The molecule has 0 aromatic heterocycles. The van der Waals surface area contributed by atoms with Crippen molar-refractivity contribution in [1.29, 1.82) is 0 Å². The highest BCUT2D eigenvalue weighted by molar-refractivity contribution is 7.98. The highest BCUT2D eigenvalue weighted by atomic mass is 32.2. The summed E-state index contributed by atoms with van der Waals surface area (Å²) in [4.78, 5) is 2.42. The third kappa shape index (κ3) is 5.89. The summed E-state index contributed by atoms with van der Waals surface area (Å²) in [5.41, 5.74) is 5.85. The summed E-state index contributed by atoms with van der Waals surface area (Å²) in [6.45, 7) is 7.71. The molecule has 2 N–H and O–H groups in total. The molecule has 3 heteroatoms. The Morgan fingerprint density at radius 3 is 2.29 bits per heavy atom. The molecule has 0 aromatic rings. The highest BCUT2D eigenvalue weighted by Gasteiger charge is 2.14. The summed E-state index contributed by atoms with van der Waals surface area (Å²) in [5, 5.41) is 0. The summed E-state index contributed by atoms with van der Waals surface area (Å²) >= 11 is 1.92. The van der Waals surface area contributed by atoms with Crippen molar-refractivity contribution in [3.63, 3.8) is 0 Å². The van der Waals surface area contributed by atoms with Crippen LogP contribution < -0.4 is 5.73 Å². The molecule has 2 nitrogen and oxygen atoms in total. The van der Waals surface area contributed by atoms with Gasteiger partial charge in [0.15, 0.2) is 0 Å². The molecule has 0 aromatic carbocycles. The van der Waals surface area contributed by atoms with E-state index in [1.807, 2.05) is 11.8 Å². The molecule has 0 spiro atoms. The van der Waals surface area contributed by atoms with Gasteiger partial charge in [-0.05, 0) is 45.2 Å². The second-order valence-electron chi connectivity index (χ2n) is 4.41. The molecule has 3 unspecified atom stereocenters. The molecular weight excluding hydrogens is 192 g/mol. The van der Waals surface area contributed by atoms with Crippen molar-refractivity contribution in [2.45, 2.75) is 39.3 Å². The zero-order valence-electron chi connectivity index (χ0n) is 10.3. The Morgan fingerprint density at radius 1 is 1.29 bits per heavy atom. The Balaban J connectivity index is 3.76. The van der Waals surface area contributed by atoms with Crippen molar-refractivity contribution >= 4 is 11.8 Å². The van der Waals surface area contributed by atoms with Crippen LogP contribution in [-0.4, -0.2) is 42.6 Å². The average Bonchev–Trinajstić information content (AvgIpc) is 2.13. The first-order chi connectivity index (χ1) is 6.49. The van der Waals surface area contributed by atoms with Crippen LogP contribution in [0.2, 0.25) is 0 Å². The van der Waals surface area contributed by atoms with Crippen LogP contribution in [0.15, 0.2) is 0 Å². The number of nitrogens with zero attached hydrogens (tertiary/aromatic N) is 1. The van der Waals surface area contributed by atoms with Crippen LogP contribution in [0.4, 0.5) is 0 Å². The molecule has 86 valence electrons. The first-order valence-electron chi connectivity index (χ1n) is 5.43. The zero-order valence-corrected chi connectivity index (χ0v) is 11.1. The molecule has 0 saturated heterocycles. The Hall–Kier alpha value is 0.270. The van der Waals surface area contributed by atoms with Crippen LogP contribution in [0, 0.1) is 5.92 Å². The van der Waals surface area contributed by atoms with Crippen molar-refractivity contribution in [1.82, 2.24) is 4.90 Å². The molecule has 0 aliphatic carbocycles. The van der Waals surface area contributed by atoms with Crippen molar-refractivity contribution in [2.75, 3.05) is 25.6 Å². The molecule has 0 radical (unpaired) electrons. The molecule has 0 bridgehead atoms. The lowest BCUT2D eigenvalue weighted by Gasteiger charge is -2.28. The van der Waals surface area contributed by atoms with Gasteiger partial charge in [-0.3, -0.25) is 0 Å². The molecule has 3 atom stereocenters. The van der Waals surface area contributed by atoms with Gasteiger partial charge in [-0.2, -0.15) is 11.8 Å². The lowest BCUT2D eigenvalue weighted by molar-refractivity contribution is 0.210. The van der Waals surface area contributed by atoms with Gasteiger partial charge >= 0.3 is 0 Å². The van der Waals surface area contributed by atoms with Crippen LogP contribution >= 0.6 is 11.8 Å². The maximum absolute atomic E-state index is 5.85. The zero-order chi connectivity index (χ0) is 11.1. The minimum atomic E-state index is 0.296. The van der Waals surface area contributed by atoms with Crippen LogP contribution in [-0.2, 0) is 0 Å². The molecule has 0 amide bonds. The van der Waals surface area contributed by atoms with Gasteiger partial charge in [0.1, 0.15) is 0 Å². The van der Waals surface area contributed by atoms with Gasteiger partial charge < -0.3 is 10.6 Å². The van der Waals surface area contributed by atoms with E-state index in [4.69, 9.17) is 5.73 Å². The van der Waals surface area contributed by atoms with Gasteiger partial charge in [-0.25, -0.2) is 0 Å². The Bertz CT molecular complexity index is 139. The summed E-state index contributed by atoms with van der Waals surface area (Å²) < 4.78 is 0. The third-order valence-corrected chi connectivity index (χ3v) is 3.61. The van der Waals surface area contributed by atoms with E-state index in [9.17, 15) is 0 Å². The predicted octanol–water partition coefficient (Wildman–Crippen LogP) is 2.04. The smallest absolute Gasteiger partial charge is 0.00718 e. The SMILES string of the molecule is CSCCC(C)N(C)CC(C)C(C)N. The molecule has 0 aliphatic heterocycles. The fourth-order valence-corrected chi connectivity index (χ4v) is 1.89. The van der Waals surface area contributed by atoms with Crippen molar-refractivity contribution in [3.05, 3.63) is 0 Å². The van der Waals surface area contributed by atoms with E-state index in [1.165, 1.54) is 12.2 Å². The second kappa shape index (κ2) is 7.55. The van der Waals surface area contributed by atoms with Gasteiger partial charge in [0.05, 0.1) is 0 Å². The van der Waals surface area contributed by atoms with Crippen LogP contribution in [0.5, 0.6) is 0 Å². The van der Waals surface area contributed by atoms with Gasteiger partial charge in [0.25, 0.3) is 0 Å². The lowest BCUT2D eigenvalue weighted by Crippen LogP contribution is -2.38.